The van der Waals surface area contributed by atoms with Crippen molar-refractivity contribution in [3.63, 3.8) is 0 Å². The minimum atomic E-state index is 0. The zero-order valence-electron chi connectivity index (χ0n) is 14.0. The van der Waals surface area contributed by atoms with Crippen LogP contribution in [0.1, 0.15) is 11.1 Å². The molecule has 3 heteroatoms. The van der Waals surface area contributed by atoms with E-state index in [0.29, 0.717) is 5.75 Å². The Morgan fingerprint density at radius 1 is 0.667 bits per heavy atom. The van der Waals surface area contributed by atoms with Gasteiger partial charge in [-0.2, -0.15) is 13.5 Å². The van der Waals surface area contributed by atoms with Crippen molar-refractivity contribution in [3.05, 3.63) is 102 Å². The first-order valence-corrected chi connectivity index (χ1v) is 7.63. The van der Waals surface area contributed by atoms with Crippen LogP contribution in [0.3, 0.4) is 0 Å². The first-order chi connectivity index (χ1) is 11.2. The monoisotopic (exact) mass is 342 g/mol. The average Bonchev–Trinajstić information content (AvgIpc) is 2.59. The minimum Gasteiger partial charge on any atom is -0.508 e. The first-order valence-electron chi connectivity index (χ1n) is 7.63. The summed E-state index contributed by atoms with van der Waals surface area (Å²) < 4.78 is 0. The van der Waals surface area contributed by atoms with Gasteiger partial charge in [-0.25, -0.2) is 0 Å². The van der Waals surface area contributed by atoms with Gasteiger partial charge in [-0.15, -0.1) is 0 Å². The topological polar surface area (TPSA) is 40.5 Å². The van der Waals surface area contributed by atoms with Crippen molar-refractivity contribution >= 4 is 13.5 Å². The summed E-state index contributed by atoms with van der Waals surface area (Å²) in [6, 6.07) is 28.9. The minimum absolute atomic E-state index is 0. The Kier molecular flexibility index (Phi) is 13.0. The summed E-state index contributed by atoms with van der Waals surface area (Å²) in [6.45, 7) is 2.32. The van der Waals surface area contributed by atoms with E-state index in [1.807, 2.05) is 54.6 Å². The van der Waals surface area contributed by atoms with Gasteiger partial charge in [0.25, 0.3) is 0 Å². The number of phenolic OH excluding ortho intramolecular Hbond substituents is 1. The van der Waals surface area contributed by atoms with E-state index in [-0.39, 0.29) is 20.1 Å². The van der Waals surface area contributed by atoms with Crippen LogP contribution in [0.5, 0.6) is 5.75 Å². The zero-order valence-corrected chi connectivity index (χ0v) is 15.0. The van der Waals surface area contributed by atoms with Gasteiger partial charge in [-0.05, 0) is 31.0 Å². The van der Waals surface area contributed by atoms with Crippen molar-refractivity contribution in [2.75, 3.05) is 6.61 Å². The van der Waals surface area contributed by atoms with Gasteiger partial charge in [0.1, 0.15) is 5.75 Å². The molecule has 3 aromatic carbocycles. The van der Waals surface area contributed by atoms with E-state index in [2.05, 4.69) is 19.1 Å². The fourth-order valence-corrected chi connectivity index (χ4v) is 1.74. The van der Waals surface area contributed by atoms with Crippen molar-refractivity contribution in [3.8, 4) is 5.75 Å². The lowest BCUT2D eigenvalue weighted by Gasteiger charge is -1.93. The van der Waals surface area contributed by atoms with Crippen LogP contribution in [0.4, 0.5) is 0 Å². The molecule has 128 valence electrons. The molecule has 2 nitrogen and oxygen atoms in total. The van der Waals surface area contributed by atoms with Crippen molar-refractivity contribution in [1.82, 2.24) is 0 Å². The Hall–Kier alpha value is -2.23. The highest BCUT2D eigenvalue weighted by molar-refractivity contribution is 7.59. The maximum Gasteiger partial charge on any atom is 0.115 e. The maximum absolute atomic E-state index is 8.63. The summed E-state index contributed by atoms with van der Waals surface area (Å²) in [7, 11) is 0. The number of benzene rings is 3. The van der Waals surface area contributed by atoms with Gasteiger partial charge in [0, 0.05) is 6.61 Å². The molecule has 0 radical (unpaired) electrons. The molecule has 3 aromatic rings. The molecular weight excluding hydrogens is 316 g/mol. The van der Waals surface area contributed by atoms with Crippen LogP contribution in [-0.4, -0.2) is 16.8 Å². The van der Waals surface area contributed by atoms with Crippen LogP contribution >= 0.6 is 13.5 Å². The quantitative estimate of drug-likeness (QED) is 0.707. The Morgan fingerprint density at radius 3 is 1.38 bits per heavy atom. The van der Waals surface area contributed by atoms with E-state index in [4.69, 9.17) is 10.2 Å². The third kappa shape index (κ3) is 11.4. The van der Waals surface area contributed by atoms with Gasteiger partial charge >= 0.3 is 0 Å². The fourth-order valence-electron chi connectivity index (χ4n) is 1.74. The number of hydrogen-bond donors (Lipinski definition) is 2. The molecule has 0 spiro atoms. The second kappa shape index (κ2) is 14.4. The van der Waals surface area contributed by atoms with E-state index in [0.717, 1.165) is 6.42 Å². The van der Waals surface area contributed by atoms with Gasteiger partial charge in [-0.3, -0.25) is 0 Å². The Balaban J connectivity index is 0.000000327. The summed E-state index contributed by atoms with van der Waals surface area (Å²) in [5, 5.41) is 17.2. The maximum atomic E-state index is 8.63. The largest absolute Gasteiger partial charge is 0.508 e. The molecule has 0 aliphatic heterocycles. The van der Waals surface area contributed by atoms with Crippen molar-refractivity contribution in [2.24, 2.45) is 0 Å². The summed E-state index contributed by atoms with van der Waals surface area (Å²) in [6.07, 6.45) is 0.765. The summed E-state index contributed by atoms with van der Waals surface area (Å²) in [5.74, 6) is 0.322. The molecule has 0 heterocycles. The lowest BCUT2D eigenvalue weighted by Crippen LogP contribution is -1.88. The normalized spacial score (nSPS) is 8.58. The highest BCUT2D eigenvalue weighted by Gasteiger charge is 1.85. The molecule has 0 atom stereocenters. The van der Waals surface area contributed by atoms with Crippen LogP contribution in [0, 0.1) is 6.92 Å². The van der Waals surface area contributed by atoms with Gasteiger partial charge < -0.3 is 10.2 Å². The molecule has 0 saturated heterocycles. The standard InChI is InChI=1S/C8H10O.C7H8.C6H6O.H2S/c9-7-6-8-4-2-1-3-5-8;1-7-5-3-2-4-6-7;7-6-4-2-1-3-5-6;/h1-5,9H,6-7H2;2-6H,1H3;1-5,7H;1H2. The number of aromatic hydroxyl groups is 1. The molecule has 24 heavy (non-hydrogen) atoms. The predicted molar refractivity (Wildman–Crippen MR) is 107 cm³/mol. The summed E-state index contributed by atoms with van der Waals surface area (Å²) in [5.41, 5.74) is 2.52. The zero-order chi connectivity index (χ0) is 16.8. The Bertz CT molecular complexity index is 576. The van der Waals surface area contributed by atoms with Crippen LogP contribution in [0.15, 0.2) is 91.0 Å². The molecule has 2 N–H and O–H groups in total. The van der Waals surface area contributed by atoms with Crippen molar-refractivity contribution in [2.45, 2.75) is 13.3 Å². The van der Waals surface area contributed by atoms with Gasteiger partial charge in [0.15, 0.2) is 0 Å². The fraction of sp³-hybridized carbons (Fsp3) is 0.143. The number of para-hydroxylation sites is 1. The number of aliphatic hydroxyl groups is 1. The molecule has 0 unspecified atom stereocenters. The third-order valence-corrected chi connectivity index (χ3v) is 2.94. The van der Waals surface area contributed by atoms with E-state index >= 15 is 0 Å². The molecule has 3 rings (SSSR count). The molecular formula is C21H26O2S. The predicted octanol–water partition coefficient (Wildman–Crippen LogP) is 4.72. The van der Waals surface area contributed by atoms with Crippen LogP contribution < -0.4 is 0 Å². The van der Waals surface area contributed by atoms with E-state index < -0.39 is 0 Å². The Labute approximate surface area is 151 Å². The van der Waals surface area contributed by atoms with Crippen molar-refractivity contribution in [1.29, 1.82) is 0 Å². The number of phenols is 1. The molecule has 0 aliphatic carbocycles. The molecule has 0 bridgehead atoms. The number of hydrogen-bond acceptors (Lipinski definition) is 2. The number of aryl methyl sites for hydroxylation is 1. The second-order valence-electron chi connectivity index (χ2n) is 4.95. The lowest BCUT2D eigenvalue weighted by molar-refractivity contribution is 0.299. The molecule has 0 saturated carbocycles. The number of rotatable bonds is 2. The molecule has 0 aromatic heterocycles. The van der Waals surface area contributed by atoms with Crippen LogP contribution in [0.2, 0.25) is 0 Å². The first kappa shape index (κ1) is 21.8. The van der Waals surface area contributed by atoms with Crippen LogP contribution in [-0.2, 0) is 6.42 Å². The number of aliphatic hydroxyl groups excluding tert-OH is 1. The average molecular weight is 343 g/mol. The molecule has 0 fully saturated rings. The van der Waals surface area contributed by atoms with E-state index in [1.54, 1.807) is 24.3 Å². The van der Waals surface area contributed by atoms with Gasteiger partial charge in [0.2, 0.25) is 0 Å². The Morgan fingerprint density at radius 2 is 1.08 bits per heavy atom. The highest BCUT2D eigenvalue weighted by atomic mass is 32.1. The third-order valence-electron chi connectivity index (χ3n) is 2.94. The highest BCUT2D eigenvalue weighted by Crippen LogP contribution is 2.02. The van der Waals surface area contributed by atoms with E-state index in [1.165, 1.54) is 11.1 Å². The second-order valence-corrected chi connectivity index (χ2v) is 4.95. The molecule has 0 aliphatic rings. The van der Waals surface area contributed by atoms with E-state index in [9.17, 15) is 0 Å². The summed E-state index contributed by atoms with van der Waals surface area (Å²) in [4.78, 5) is 0. The van der Waals surface area contributed by atoms with Gasteiger partial charge in [-0.1, -0.05) is 84.4 Å². The van der Waals surface area contributed by atoms with Crippen LogP contribution in [0.25, 0.3) is 0 Å². The smallest absolute Gasteiger partial charge is 0.115 e. The SMILES string of the molecule is Cc1ccccc1.OCCc1ccccc1.Oc1ccccc1.S. The molecule has 0 amide bonds. The van der Waals surface area contributed by atoms with Crippen molar-refractivity contribution < 1.29 is 10.2 Å². The summed E-state index contributed by atoms with van der Waals surface area (Å²) >= 11 is 0. The lowest BCUT2D eigenvalue weighted by atomic mass is 10.2. The van der Waals surface area contributed by atoms with Gasteiger partial charge in [0.05, 0.1) is 0 Å².